The van der Waals surface area contributed by atoms with Gasteiger partial charge in [0.1, 0.15) is 6.54 Å². The van der Waals surface area contributed by atoms with Crippen molar-refractivity contribution < 1.29 is 9.59 Å². The van der Waals surface area contributed by atoms with Crippen LogP contribution in [-0.4, -0.2) is 18.4 Å². The highest BCUT2D eigenvalue weighted by Gasteiger charge is 2.20. The zero-order chi connectivity index (χ0) is 18.6. The number of benzene rings is 2. The van der Waals surface area contributed by atoms with Crippen LogP contribution in [0.2, 0.25) is 5.02 Å². The minimum Gasteiger partial charge on any atom is -0.324 e. The van der Waals surface area contributed by atoms with Crippen molar-refractivity contribution in [2.45, 2.75) is 34.1 Å². The monoisotopic (exact) mass is 358 g/mol. The van der Waals surface area contributed by atoms with Gasteiger partial charge in [-0.1, -0.05) is 42.8 Å². The molecule has 0 saturated heterocycles. The molecule has 132 valence electrons. The highest BCUT2D eigenvalue weighted by atomic mass is 35.5. The summed E-state index contributed by atoms with van der Waals surface area (Å²) in [6.07, 6.45) is 0.788. The summed E-state index contributed by atoms with van der Waals surface area (Å²) in [4.78, 5) is 26.3. The van der Waals surface area contributed by atoms with Gasteiger partial charge in [0.05, 0.1) is 5.69 Å². The Hall–Kier alpha value is -2.33. The molecule has 0 aliphatic carbocycles. The van der Waals surface area contributed by atoms with Gasteiger partial charge in [-0.15, -0.1) is 0 Å². The SMILES string of the molecule is CCc1cccc(C)c1N(CC(=O)Nc1cc(Cl)ccc1C)C(C)=O. The second-order valence-electron chi connectivity index (χ2n) is 6.05. The number of halogens is 1. The van der Waals surface area contributed by atoms with Crippen LogP contribution in [0.4, 0.5) is 11.4 Å². The van der Waals surface area contributed by atoms with Gasteiger partial charge in [-0.2, -0.15) is 0 Å². The summed E-state index contributed by atoms with van der Waals surface area (Å²) in [5.74, 6) is -0.423. The molecule has 0 fully saturated rings. The number of aryl methyl sites for hydroxylation is 3. The molecule has 1 N–H and O–H groups in total. The standard InChI is InChI=1S/C20H23ClN2O2/c1-5-16-8-6-7-14(3)20(16)23(15(4)24)12-19(25)22-18-11-17(21)10-9-13(18)2/h6-11H,5,12H2,1-4H3,(H,22,25). The molecule has 0 saturated carbocycles. The molecule has 0 aromatic heterocycles. The molecule has 2 aromatic carbocycles. The molecule has 5 heteroatoms. The van der Waals surface area contributed by atoms with Crippen molar-refractivity contribution in [2.24, 2.45) is 0 Å². The first kappa shape index (κ1) is 19.0. The van der Waals surface area contributed by atoms with Gasteiger partial charge in [0.25, 0.3) is 0 Å². The minimum atomic E-state index is -0.258. The van der Waals surface area contributed by atoms with E-state index in [0.717, 1.165) is 28.8 Å². The number of hydrogen-bond donors (Lipinski definition) is 1. The summed E-state index contributed by atoms with van der Waals surface area (Å²) >= 11 is 6.00. The second-order valence-corrected chi connectivity index (χ2v) is 6.49. The van der Waals surface area contributed by atoms with Gasteiger partial charge in [0.2, 0.25) is 11.8 Å². The molecule has 25 heavy (non-hydrogen) atoms. The number of amides is 2. The topological polar surface area (TPSA) is 49.4 Å². The maximum Gasteiger partial charge on any atom is 0.244 e. The van der Waals surface area contributed by atoms with Crippen molar-refractivity contribution in [1.29, 1.82) is 0 Å². The number of anilines is 2. The van der Waals surface area contributed by atoms with Crippen LogP contribution < -0.4 is 10.2 Å². The first-order valence-electron chi connectivity index (χ1n) is 8.26. The number of para-hydroxylation sites is 1. The number of nitrogens with zero attached hydrogens (tertiary/aromatic N) is 1. The molecule has 0 unspecified atom stereocenters. The summed E-state index contributed by atoms with van der Waals surface area (Å²) in [7, 11) is 0. The molecule has 2 rings (SSSR count). The first-order valence-corrected chi connectivity index (χ1v) is 8.63. The largest absolute Gasteiger partial charge is 0.324 e. The molecule has 4 nitrogen and oxygen atoms in total. The minimum absolute atomic E-state index is 0.0425. The molecule has 0 heterocycles. The molecule has 2 aromatic rings. The van der Waals surface area contributed by atoms with E-state index in [-0.39, 0.29) is 18.4 Å². The van der Waals surface area contributed by atoms with Gasteiger partial charge in [-0.3, -0.25) is 9.59 Å². The van der Waals surface area contributed by atoms with Gasteiger partial charge in [0, 0.05) is 17.6 Å². The van der Waals surface area contributed by atoms with E-state index < -0.39 is 0 Å². The quantitative estimate of drug-likeness (QED) is 0.854. The second kappa shape index (κ2) is 8.17. The third-order valence-electron chi connectivity index (χ3n) is 4.13. The molecule has 0 aliphatic heterocycles. The van der Waals surface area contributed by atoms with Crippen LogP contribution in [-0.2, 0) is 16.0 Å². The van der Waals surface area contributed by atoms with Crippen LogP contribution in [0.25, 0.3) is 0 Å². The lowest BCUT2D eigenvalue weighted by molar-refractivity contribution is -0.120. The maximum atomic E-state index is 12.5. The van der Waals surface area contributed by atoms with E-state index in [2.05, 4.69) is 5.32 Å². The van der Waals surface area contributed by atoms with E-state index >= 15 is 0 Å². The lowest BCUT2D eigenvalue weighted by atomic mass is 10.0. The van der Waals surface area contributed by atoms with Crippen LogP contribution >= 0.6 is 11.6 Å². The van der Waals surface area contributed by atoms with Gasteiger partial charge in [0.15, 0.2) is 0 Å². The third-order valence-corrected chi connectivity index (χ3v) is 4.36. The van der Waals surface area contributed by atoms with Crippen LogP contribution in [0.5, 0.6) is 0 Å². The van der Waals surface area contributed by atoms with Crippen molar-refractivity contribution in [1.82, 2.24) is 0 Å². The van der Waals surface area contributed by atoms with Crippen LogP contribution in [0.3, 0.4) is 0 Å². The highest BCUT2D eigenvalue weighted by molar-refractivity contribution is 6.31. The Bertz CT molecular complexity index is 802. The van der Waals surface area contributed by atoms with Gasteiger partial charge in [-0.25, -0.2) is 0 Å². The van der Waals surface area contributed by atoms with E-state index in [9.17, 15) is 9.59 Å². The molecule has 0 bridgehead atoms. The summed E-state index contributed by atoms with van der Waals surface area (Å²) in [6, 6.07) is 11.2. The van der Waals surface area contributed by atoms with Gasteiger partial charge >= 0.3 is 0 Å². The molecular weight excluding hydrogens is 336 g/mol. The number of carbonyl (C=O) groups excluding carboxylic acids is 2. The van der Waals surface area contributed by atoms with Crippen LogP contribution in [0.15, 0.2) is 36.4 Å². The predicted octanol–water partition coefficient (Wildman–Crippen LogP) is 4.51. The third kappa shape index (κ3) is 4.60. The van der Waals surface area contributed by atoms with E-state index in [1.54, 1.807) is 12.1 Å². The van der Waals surface area contributed by atoms with Crippen molar-refractivity contribution in [3.05, 3.63) is 58.1 Å². The Labute approximate surface area is 153 Å². The fraction of sp³-hybridized carbons (Fsp3) is 0.300. The molecule has 0 spiro atoms. The van der Waals surface area contributed by atoms with Crippen molar-refractivity contribution in [2.75, 3.05) is 16.8 Å². The first-order chi connectivity index (χ1) is 11.8. The lowest BCUT2D eigenvalue weighted by Gasteiger charge is -2.25. The average molecular weight is 359 g/mol. The fourth-order valence-corrected chi connectivity index (χ4v) is 2.97. The molecule has 0 radical (unpaired) electrons. The van der Waals surface area contributed by atoms with Crippen molar-refractivity contribution >= 4 is 34.8 Å². The average Bonchev–Trinajstić information content (AvgIpc) is 2.56. The Morgan fingerprint density at radius 2 is 1.84 bits per heavy atom. The molecule has 0 atom stereocenters. The number of hydrogen-bond acceptors (Lipinski definition) is 2. The number of nitrogens with one attached hydrogen (secondary N) is 1. The zero-order valence-electron chi connectivity index (χ0n) is 15.0. The number of rotatable bonds is 5. The predicted molar refractivity (Wildman–Crippen MR) is 103 cm³/mol. The Morgan fingerprint density at radius 3 is 2.48 bits per heavy atom. The lowest BCUT2D eigenvalue weighted by Crippen LogP contribution is -2.37. The number of carbonyl (C=O) groups is 2. The summed E-state index contributed by atoms with van der Waals surface area (Å²) < 4.78 is 0. The Kier molecular flexibility index (Phi) is 6.21. The van der Waals surface area contributed by atoms with E-state index in [4.69, 9.17) is 11.6 Å². The summed E-state index contributed by atoms with van der Waals surface area (Å²) in [6.45, 7) is 7.31. The summed E-state index contributed by atoms with van der Waals surface area (Å²) in [5.41, 5.74) is 4.40. The van der Waals surface area contributed by atoms with Crippen molar-refractivity contribution in [3.8, 4) is 0 Å². The summed E-state index contributed by atoms with van der Waals surface area (Å²) in [5, 5.41) is 3.40. The maximum absolute atomic E-state index is 12.5. The zero-order valence-corrected chi connectivity index (χ0v) is 15.8. The molecule has 2 amide bonds. The van der Waals surface area contributed by atoms with Crippen LogP contribution in [0.1, 0.15) is 30.5 Å². The molecule has 0 aliphatic rings. The Balaban J connectivity index is 2.27. The van der Waals surface area contributed by atoms with E-state index in [1.807, 2.05) is 45.0 Å². The van der Waals surface area contributed by atoms with Crippen LogP contribution in [0, 0.1) is 13.8 Å². The van der Waals surface area contributed by atoms with Gasteiger partial charge in [-0.05, 0) is 49.1 Å². The van der Waals surface area contributed by atoms with E-state index in [1.165, 1.54) is 11.8 Å². The van der Waals surface area contributed by atoms with Crippen molar-refractivity contribution in [3.63, 3.8) is 0 Å². The normalized spacial score (nSPS) is 10.4. The highest BCUT2D eigenvalue weighted by Crippen LogP contribution is 2.26. The smallest absolute Gasteiger partial charge is 0.244 e. The van der Waals surface area contributed by atoms with E-state index in [0.29, 0.717) is 10.7 Å². The Morgan fingerprint density at radius 1 is 1.12 bits per heavy atom. The fourth-order valence-electron chi connectivity index (χ4n) is 2.80. The molecular formula is C20H23ClN2O2. The van der Waals surface area contributed by atoms with Gasteiger partial charge < -0.3 is 10.2 Å².